The van der Waals surface area contributed by atoms with E-state index in [1.54, 1.807) is 0 Å². The topological polar surface area (TPSA) is 83.5 Å². The van der Waals surface area contributed by atoms with E-state index in [0.717, 1.165) is 5.56 Å². The standard InChI is InChI=1S/C15H19NO4/c1-10(15(19)20)8-14(18)13(16-11(2)17)9-12-6-4-3-5-7-12/h3-7,10,13H,8-9H2,1-2H3,(H,16,17)(H,19,20). The van der Waals surface area contributed by atoms with Crippen molar-refractivity contribution in [3.05, 3.63) is 35.9 Å². The van der Waals surface area contributed by atoms with Gasteiger partial charge >= 0.3 is 5.97 Å². The number of amides is 1. The van der Waals surface area contributed by atoms with Gasteiger partial charge in [-0.1, -0.05) is 37.3 Å². The maximum absolute atomic E-state index is 12.1. The highest BCUT2D eigenvalue weighted by molar-refractivity contribution is 5.91. The van der Waals surface area contributed by atoms with Gasteiger partial charge in [0.15, 0.2) is 5.78 Å². The molecule has 0 saturated carbocycles. The number of hydrogen-bond acceptors (Lipinski definition) is 3. The summed E-state index contributed by atoms with van der Waals surface area (Å²) in [5, 5.41) is 11.4. The van der Waals surface area contributed by atoms with Gasteiger partial charge in [0.25, 0.3) is 0 Å². The molecular formula is C15H19NO4. The molecule has 0 aliphatic heterocycles. The Balaban J connectivity index is 2.75. The molecule has 0 bridgehead atoms. The third-order valence-corrected chi connectivity index (χ3v) is 2.98. The molecule has 5 heteroatoms. The first-order chi connectivity index (χ1) is 9.40. The molecule has 0 spiro atoms. The molecule has 5 nitrogen and oxygen atoms in total. The third-order valence-electron chi connectivity index (χ3n) is 2.98. The van der Waals surface area contributed by atoms with Crippen molar-refractivity contribution in [3.63, 3.8) is 0 Å². The minimum atomic E-state index is -1.01. The van der Waals surface area contributed by atoms with E-state index in [1.807, 2.05) is 30.3 Å². The lowest BCUT2D eigenvalue weighted by atomic mass is 9.95. The van der Waals surface area contributed by atoms with Gasteiger partial charge in [-0.15, -0.1) is 0 Å². The van der Waals surface area contributed by atoms with Crippen LogP contribution in [0.3, 0.4) is 0 Å². The number of nitrogens with one attached hydrogen (secondary N) is 1. The van der Waals surface area contributed by atoms with E-state index in [0.29, 0.717) is 6.42 Å². The molecule has 0 aromatic heterocycles. The highest BCUT2D eigenvalue weighted by Gasteiger charge is 2.24. The molecule has 2 unspecified atom stereocenters. The molecule has 0 radical (unpaired) electrons. The summed E-state index contributed by atoms with van der Waals surface area (Å²) in [4.78, 5) is 34.1. The zero-order chi connectivity index (χ0) is 15.1. The van der Waals surface area contributed by atoms with Gasteiger partial charge in [0.05, 0.1) is 12.0 Å². The Morgan fingerprint density at radius 3 is 2.30 bits per heavy atom. The Morgan fingerprint density at radius 2 is 1.80 bits per heavy atom. The van der Waals surface area contributed by atoms with Gasteiger partial charge < -0.3 is 10.4 Å². The lowest BCUT2D eigenvalue weighted by molar-refractivity contribution is -0.143. The fourth-order valence-corrected chi connectivity index (χ4v) is 1.87. The first-order valence-corrected chi connectivity index (χ1v) is 6.46. The average molecular weight is 277 g/mol. The van der Waals surface area contributed by atoms with Gasteiger partial charge in [-0.2, -0.15) is 0 Å². The van der Waals surface area contributed by atoms with Crippen LogP contribution in [-0.2, 0) is 20.8 Å². The van der Waals surface area contributed by atoms with Crippen LogP contribution >= 0.6 is 0 Å². The summed E-state index contributed by atoms with van der Waals surface area (Å²) < 4.78 is 0. The Labute approximate surface area is 118 Å². The van der Waals surface area contributed by atoms with E-state index >= 15 is 0 Å². The maximum atomic E-state index is 12.1. The minimum Gasteiger partial charge on any atom is -0.481 e. The second-order valence-corrected chi connectivity index (χ2v) is 4.85. The number of carboxylic acids is 1. The quantitative estimate of drug-likeness (QED) is 0.789. The van der Waals surface area contributed by atoms with Crippen LogP contribution in [0.25, 0.3) is 0 Å². The van der Waals surface area contributed by atoms with Crippen LogP contribution in [0.4, 0.5) is 0 Å². The van der Waals surface area contributed by atoms with Crippen LogP contribution in [-0.4, -0.2) is 28.8 Å². The molecule has 0 aliphatic carbocycles. The molecule has 1 aromatic rings. The number of aliphatic carboxylic acids is 1. The minimum absolute atomic E-state index is 0.0902. The van der Waals surface area contributed by atoms with Crippen LogP contribution in [0.1, 0.15) is 25.8 Å². The van der Waals surface area contributed by atoms with Gasteiger partial charge in [-0.3, -0.25) is 14.4 Å². The van der Waals surface area contributed by atoms with Crippen molar-refractivity contribution in [3.8, 4) is 0 Å². The highest BCUT2D eigenvalue weighted by atomic mass is 16.4. The van der Waals surface area contributed by atoms with Crippen molar-refractivity contribution in [1.29, 1.82) is 0 Å². The Kier molecular flexibility index (Phi) is 5.90. The normalized spacial score (nSPS) is 13.3. The number of benzene rings is 1. The molecular weight excluding hydrogens is 258 g/mol. The summed E-state index contributed by atoms with van der Waals surface area (Å²) in [5.74, 6) is -2.34. The number of ketones is 1. The molecule has 20 heavy (non-hydrogen) atoms. The molecule has 2 N–H and O–H groups in total. The summed E-state index contributed by atoms with van der Waals surface area (Å²) in [7, 11) is 0. The van der Waals surface area contributed by atoms with Gasteiger partial charge in [-0.25, -0.2) is 0 Å². The Morgan fingerprint density at radius 1 is 1.20 bits per heavy atom. The van der Waals surface area contributed by atoms with Crippen LogP contribution in [0.5, 0.6) is 0 Å². The largest absolute Gasteiger partial charge is 0.481 e. The summed E-state index contributed by atoms with van der Waals surface area (Å²) in [6.45, 7) is 2.82. The second-order valence-electron chi connectivity index (χ2n) is 4.85. The number of Topliss-reactive ketones (excluding diaryl/α,β-unsaturated/α-hetero) is 1. The van der Waals surface area contributed by atoms with Crippen molar-refractivity contribution in [2.45, 2.75) is 32.7 Å². The SMILES string of the molecule is CC(=O)NC(Cc1ccccc1)C(=O)CC(C)C(=O)O. The summed E-state index contributed by atoms with van der Waals surface area (Å²) in [6, 6.07) is 8.61. The molecule has 0 saturated heterocycles. The molecule has 1 aromatic carbocycles. The van der Waals surface area contributed by atoms with E-state index in [4.69, 9.17) is 5.11 Å². The van der Waals surface area contributed by atoms with Crippen molar-refractivity contribution in [2.75, 3.05) is 0 Å². The van der Waals surface area contributed by atoms with Gasteiger partial charge in [0.2, 0.25) is 5.91 Å². The Hall–Kier alpha value is -2.17. The van der Waals surface area contributed by atoms with Gasteiger partial charge in [-0.05, 0) is 12.0 Å². The number of hydrogen-bond donors (Lipinski definition) is 2. The molecule has 1 amide bonds. The number of carbonyl (C=O) groups is 3. The molecule has 0 fully saturated rings. The van der Waals surface area contributed by atoms with Gasteiger partial charge in [0, 0.05) is 13.3 Å². The average Bonchev–Trinajstić information content (AvgIpc) is 2.38. The predicted octanol–water partition coefficient (Wildman–Crippen LogP) is 1.41. The molecule has 0 aliphatic rings. The highest BCUT2D eigenvalue weighted by Crippen LogP contribution is 2.10. The van der Waals surface area contributed by atoms with Crippen LogP contribution in [0.15, 0.2) is 30.3 Å². The zero-order valence-corrected chi connectivity index (χ0v) is 11.6. The van der Waals surface area contributed by atoms with E-state index in [-0.39, 0.29) is 18.1 Å². The maximum Gasteiger partial charge on any atom is 0.306 e. The predicted molar refractivity (Wildman–Crippen MR) is 74.2 cm³/mol. The van der Waals surface area contributed by atoms with Gasteiger partial charge in [0.1, 0.15) is 0 Å². The molecule has 0 heterocycles. The molecule has 2 atom stereocenters. The lowest BCUT2D eigenvalue weighted by Gasteiger charge is -2.18. The van der Waals surface area contributed by atoms with E-state index < -0.39 is 17.9 Å². The second kappa shape index (κ2) is 7.43. The monoisotopic (exact) mass is 277 g/mol. The Bertz CT molecular complexity index is 484. The van der Waals surface area contributed by atoms with E-state index in [9.17, 15) is 14.4 Å². The smallest absolute Gasteiger partial charge is 0.306 e. The molecule has 1 rings (SSSR count). The number of carboxylic acid groups (broad SMARTS) is 1. The van der Waals surface area contributed by atoms with Crippen LogP contribution in [0, 0.1) is 5.92 Å². The number of rotatable bonds is 7. The van der Waals surface area contributed by atoms with E-state index in [1.165, 1.54) is 13.8 Å². The van der Waals surface area contributed by atoms with Crippen LogP contribution in [0.2, 0.25) is 0 Å². The van der Waals surface area contributed by atoms with Crippen molar-refractivity contribution >= 4 is 17.7 Å². The summed E-state index contributed by atoms with van der Waals surface area (Å²) in [5.41, 5.74) is 0.919. The van der Waals surface area contributed by atoms with E-state index in [2.05, 4.69) is 5.32 Å². The molecule has 108 valence electrons. The zero-order valence-electron chi connectivity index (χ0n) is 11.6. The first kappa shape index (κ1) is 15.9. The number of carbonyl (C=O) groups excluding carboxylic acids is 2. The van der Waals surface area contributed by atoms with Crippen molar-refractivity contribution in [1.82, 2.24) is 5.32 Å². The summed E-state index contributed by atoms with van der Waals surface area (Å²) >= 11 is 0. The third kappa shape index (κ3) is 5.22. The fraction of sp³-hybridized carbons (Fsp3) is 0.400. The van der Waals surface area contributed by atoms with Crippen molar-refractivity contribution < 1.29 is 19.5 Å². The first-order valence-electron chi connectivity index (χ1n) is 6.46. The van der Waals surface area contributed by atoms with Crippen LogP contribution < -0.4 is 5.32 Å². The summed E-state index contributed by atoms with van der Waals surface area (Å²) in [6.07, 6.45) is 0.276. The fourth-order valence-electron chi connectivity index (χ4n) is 1.87. The van der Waals surface area contributed by atoms with Crippen molar-refractivity contribution in [2.24, 2.45) is 5.92 Å². The lowest BCUT2D eigenvalue weighted by Crippen LogP contribution is -2.42.